The molecule has 0 aliphatic carbocycles. The van der Waals surface area contributed by atoms with E-state index in [1.165, 1.54) is 4.90 Å². The van der Waals surface area contributed by atoms with Crippen molar-refractivity contribution in [1.29, 1.82) is 0 Å². The molecule has 0 aromatic carbocycles. The lowest BCUT2D eigenvalue weighted by Gasteiger charge is -2.32. The fraction of sp³-hybridized carbons (Fsp3) is 0.857. The molecule has 0 aliphatic rings. The second-order valence-corrected chi connectivity index (χ2v) is 3.39. The number of nitrogens with two attached hydrogens (primary N) is 1. The molecule has 0 heterocycles. The molecule has 1 amide bonds. The van der Waals surface area contributed by atoms with E-state index < -0.39 is 6.09 Å². The molecule has 11 heavy (non-hydrogen) atoms. The number of hydrogen-bond donors (Lipinski definition) is 2. The Kier molecular flexibility index (Phi) is 3.32. The summed E-state index contributed by atoms with van der Waals surface area (Å²) in [5.74, 6) is 0. The van der Waals surface area contributed by atoms with E-state index in [0.717, 1.165) is 0 Å². The molecular weight excluding hydrogens is 144 g/mol. The van der Waals surface area contributed by atoms with Crippen LogP contribution in [0, 0.1) is 0 Å². The van der Waals surface area contributed by atoms with Crippen molar-refractivity contribution in [1.82, 2.24) is 4.90 Å². The van der Waals surface area contributed by atoms with Crippen LogP contribution in [0.3, 0.4) is 0 Å². The summed E-state index contributed by atoms with van der Waals surface area (Å²) in [6.45, 7) is 6.28. The second-order valence-electron chi connectivity index (χ2n) is 3.39. The highest BCUT2D eigenvalue weighted by Gasteiger charge is 2.24. The summed E-state index contributed by atoms with van der Waals surface area (Å²) < 4.78 is 0. The normalized spacial score (nSPS) is 11.3. The Balaban J connectivity index is 4.22. The minimum absolute atomic E-state index is 0.356. The lowest BCUT2D eigenvalue weighted by Crippen LogP contribution is -2.47. The van der Waals surface area contributed by atoms with E-state index >= 15 is 0 Å². The highest BCUT2D eigenvalue weighted by Crippen LogP contribution is 2.11. The molecule has 0 rings (SSSR count). The van der Waals surface area contributed by atoms with E-state index in [0.29, 0.717) is 13.1 Å². The molecule has 0 atom stereocenters. The minimum Gasteiger partial charge on any atom is -0.465 e. The molecule has 0 spiro atoms. The summed E-state index contributed by atoms with van der Waals surface area (Å²) in [6, 6.07) is 0. The molecule has 0 radical (unpaired) electrons. The first kappa shape index (κ1) is 10.2. The number of hydrogen-bond acceptors (Lipinski definition) is 2. The van der Waals surface area contributed by atoms with Gasteiger partial charge in [0.2, 0.25) is 0 Å². The average molecular weight is 160 g/mol. The van der Waals surface area contributed by atoms with E-state index in [4.69, 9.17) is 10.8 Å². The summed E-state index contributed by atoms with van der Waals surface area (Å²) >= 11 is 0. The van der Waals surface area contributed by atoms with Crippen molar-refractivity contribution in [3.8, 4) is 0 Å². The first-order valence-electron chi connectivity index (χ1n) is 3.60. The third-order valence-electron chi connectivity index (χ3n) is 1.39. The quantitative estimate of drug-likeness (QED) is 0.625. The van der Waals surface area contributed by atoms with Gasteiger partial charge in [-0.1, -0.05) is 0 Å². The van der Waals surface area contributed by atoms with Gasteiger partial charge in [-0.25, -0.2) is 4.79 Å². The fourth-order valence-electron chi connectivity index (χ4n) is 0.847. The van der Waals surface area contributed by atoms with Crippen LogP contribution < -0.4 is 5.73 Å². The van der Waals surface area contributed by atoms with E-state index in [1.807, 2.05) is 20.8 Å². The van der Waals surface area contributed by atoms with E-state index in [-0.39, 0.29) is 5.54 Å². The van der Waals surface area contributed by atoms with Gasteiger partial charge in [0.05, 0.1) is 0 Å². The minimum atomic E-state index is -0.914. The zero-order chi connectivity index (χ0) is 9.07. The Morgan fingerprint density at radius 1 is 1.55 bits per heavy atom. The molecule has 0 fully saturated rings. The summed E-state index contributed by atoms with van der Waals surface area (Å²) in [5.41, 5.74) is 4.90. The molecule has 0 saturated carbocycles. The third kappa shape index (κ3) is 3.23. The van der Waals surface area contributed by atoms with Gasteiger partial charge in [0.25, 0.3) is 0 Å². The van der Waals surface area contributed by atoms with Crippen molar-refractivity contribution >= 4 is 6.09 Å². The van der Waals surface area contributed by atoms with Gasteiger partial charge in [0.15, 0.2) is 0 Å². The molecule has 66 valence electrons. The van der Waals surface area contributed by atoms with Crippen LogP contribution in [0.5, 0.6) is 0 Å². The summed E-state index contributed by atoms with van der Waals surface area (Å²) in [6.07, 6.45) is -0.914. The number of nitrogens with zero attached hydrogens (tertiary/aromatic N) is 1. The van der Waals surface area contributed by atoms with E-state index in [9.17, 15) is 4.79 Å². The van der Waals surface area contributed by atoms with Crippen LogP contribution in [0.4, 0.5) is 4.79 Å². The zero-order valence-electron chi connectivity index (χ0n) is 7.29. The lowest BCUT2D eigenvalue weighted by molar-refractivity contribution is 0.102. The maximum Gasteiger partial charge on any atom is 0.407 e. The van der Waals surface area contributed by atoms with Crippen LogP contribution in [0.2, 0.25) is 0 Å². The molecular formula is C7H16N2O2. The summed E-state index contributed by atoms with van der Waals surface area (Å²) in [4.78, 5) is 11.9. The number of amides is 1. The molecule has 0 aromatic heterocycles. The highest BCUT2D eigenvalue weighted by atomic mass is 16.4. The third-order valence-corrected chi connectivity index (χ3v) is 1.39. The standard InChI is InChI=1S/C7H16N2O2/c1-7(2,3)9(5-4-8)6(10)11/h4-5,8H2,1-3H3,(H,10,11). The van der Waals surface area contributed by atoms with Crippen LogP contribution in [-0.2, 0) is 0 Å². The second kappa shape index (κ2) is 3.57. The molecule has 3 N–H and O–H groups in total. The maximum absolute atomic E-state index is 10.6. The van der Waals surface area contributed by atoms with Crippen molar-refractivity contribution in [2.24, 2.45) is 5.73 Å². The molecule has 4 heteroatoms. The molecule has 0 unspecified atom stereocenters. The number of rotatable bonds is 2. The Labute approximate surface area is 67.0 Å². The predicted molar refractivity (Wildman–Crippen MR) is 43.5 cm³/mol. The molecule has 0 saturated heterocycles. The maximum atomic E-state index is 10.6. The van der Waals surface area contributed by atoms with Crippen LogP contribution >= 0.6 is 0 Å². The smallest absolute Gasteiger partial charge is 0.407 e. The monoisotopic (exact) mass is 160 g/mol. The topological polar surface area (TPSA) is 66.6 Å². The van der Waals surface area contributed by atoms with E-state index in [2.05, 4.69) is 0 Å². The van der Waals surface area contributed by atoms with Crippen LogP contribution in [0.15, 0.2) is 0 Å². The highest BCUT2D eigenvalue weighted by molar-refractivity contribution is 5.65. The van der Waals surface area contributed by atoms with Crippen LogP contribution in [0.25, 0.3) is 0 Å². The summed E-state index contributed by atoms with van der Waals surface area (Å²) in [7, 11) is 0. The molecule has 0 bridgehead atoms. The zero-order valence-corrected chi connectivity index (χ0v) is 7.29. The molecule has 0 aromatic rings. The van der Waals surface area contributed by atoms with Gasteiger partial charge in [-0.3, -0.25) is 0 Å². The van der Waals surface area contributed by atoms with Crippen LogP contribution in [0.1, 0.15) is 20.8 Å². The van der Waals surface area contributed by atoms with Gasteiger partial charge in [-0.2, -0.15) is 0 Å². The van der Waals surface area contributed by atoms with Crippen molar-refractivity contribution in [3.05, 3.63) is 0 Å². The SMILES string of the molecule is CC(C)(C)N(CCN)C(=O)O. The average Bonchev–Trinajstić information content (AvgIpc) is 1.79. The van der Waals surface area contributed by atoms with Crippen molar-refractivity contribution < 1.29 is 9.90 Å². The van der Waals surface area contributed by atoms with Gasteiger partial charge >= 0.3 is 6.09 Å². The Morgan fingerprint density at radius 3 is 2.09 bits per heavy atom. The fourth-order valence-corrected chi connectivity index (χ4v) is 0.847. The Bertz CT molecular complexity index is 140. The van der Waals surface area contributed by atoms with Gasteiger partial charge in [0.1, 0.15) is 0 Å². The lowest BCUT2D eigenvalue weighted by atomic mass is 10.1. The Hall–Kier alpha value is -0.770. The Morgan fingerprint density at radius 2 is 2.00 bits per heavy atom. The van der Waals surface area contributed by atoms with Gasteiger partial charge in [-0.05, 0) is 20.8 Å². The molecule has 0 aliphatic heterocycles. The largest absolute Gasteiger partial charge is 0.465 e. The summed E-state index contributed by atoms with van der Waals surface area (Å²) in [5, 5.41) is 8.71. The molecule has 4 nitrogen and oxygen atoms in total. The van der Waals surface area contributed by atoms with Crippen molar-refractivity contribution in [2.75, 3.05) is 13.1 Å². The van der Waals surface area contributed by atoms with Crippen molar-refractivity contribution in [2.45, 2.75) is 26.3 Å². The van der Waals surface area contributed by atoms with Gasteiger partial charge < -0.3 is 15.7 Å². The van der Waals surface area contributed by atoms with Crippen LogP contribution in [-0.4, -0.2) is 34.7 Å². The first-order valence-corrected chi connectivity index (χ1v) is 3.60. The van der Waals surface area contributed by atoms with E-state index in [1.54, 1.807) is 0 Å². The number of carbonyl (C=O) groups is 1. The van der Waals surface area contributed by atoms with Gasteiger partial charge in [-0.15, -0.1) is 0 Å². The number of carboxylic acid groups (broad SMARTS) is 1. The first-order chi connectivity index (χ1) is 4.89. The predicted octanol–water partition coefficient (Wildman–Crippen LogP) is 0.724. The van der Waals surface area contributed by atoms with Crippen molar-refractivity contribution in [3.63, 3.8) is 0 Å². The van der Waals surface area contributed by atoms with Gasteiger partial charge in [0, 0.05) is 18.6 Å².